The van der Waals surface area contributed by atoms with Gasteiger partial charge in [-0.1, -0.05) is 76.9 Å². The molecule has 1 N–H and O–H groups in total. The van der Waals surface area contributed by atoms with E-state index in [1.165, 1.54) is 89.9 Å². The Morgan fingerprint density at radius 1 is 0.667 bits per heavy atom. The quantitative estimate of drug-likeness (QED) is 0.197. The number of hydrogen-bond donors (Lipinski definition) is 1. The lowest BCUT2D eigenvalue weighted by Gasteiger charge is -2.01. The van der Waals surface area contributed by atoms with E-state index in [-0.39, 0.29) is 0 Å². The number of nitrogens with one attached hydrogen (secondary N) is 1. The van der Waals surface area contributed by atoms with Gasteiger partial charge in [0.25, 0.3) is 0 Å². The van der Waals surface area contributed by atoms with Gasteiger partial charge in [-0.15, -0.1) is 0 Å². The normalized spacial score (nSPS) is 11.5. The van der Waals surface area contributed by atoms with Gasteiger partial charge < -0.3 is 4.84 Å². The van der Waals surface area contributed by atoms with Crippen molar-refractivity contribution < 1.29 is 4.84 Å². The molecule has 0 fully saturated rings. The molecule has 2 heteroatoms. The average Bonchev–Trinajstić information content (AvgIpc) is 2.50. The molecular formula is C19H39NO. The molecule has 0 bridgehead atoms. The molecule has 0 aliphatic rings. The fourth-order valence-electron chi connectivity index (χ4n) is 2.52. The van der Waals surface area contributed by atoms with E-state index in [1.54, 1.807) is 0 Å². The van der Waals surface area contributed by atoms with E-state index in [1.807, 2.05) is 7.05 Å². The maximum atomic E-state index is 5.09. The zero-order valence-corrected chi connectivity index (χ0v) is 14.7. The molecule has 0 spiro atoms. The predicted molar refractivity (Wildman–Crippen MR) is 94.5 cm³/mol. The molecule has 0 aliphatic heterocycles. The van der Waals surface area contributed by atoms with Gasteiger partial charge in [0.05, 0.1) is 6.61 Å². The van der Waals surface area contributed by atoms with Crippen LogP contribution in [0.25, 0.3) is 0 Å². The minimum Gasteiger partial charge on any atom is -0.302 e. The molecule has 0 aromatic heterocycles. The van der Waals surface area contributed by atoms with Crippen LogP contribution in [0.15, 0.2) is 12.2 Å². The van der Waals surface area contributed by atoms with Crippen molar-refractivity contribution in [2.45, 2.75) is 96.8 Å². The minimum atomic E-state index is 0.845. The van der Waals surface area contributed by atoms with E-state index < -0.39 is 0 Å². The van der Waals surface area contributed by atoms with Gasteiger partial charge in [0.1, 0.15) is 0 Å². The van der Waals surface area contributed by atoms with Crippen molar-refractivity contribution in [3.63, 3.8) is 0 Å². The number of rotatable bonds is 17. The van der Waals surface area contributed by atoms with Gasteiger partial charge >= 0.3 is 0 Å². The van der Waals surface area contributed by atoms with Gasteiger partial charge in [0.15, 0.2) is 0 Å². The Kier molecular flexibility index (Phi) is 19.3. The first kappa shape index (κ1) is 20.7. The zero-order valence-electron chi connectivity index (χ0n) is 14.7. The van der Waals surface area contributed by atoms with Crippen LogP contribution in [-0.4, -0.2) is 13.7 Å². The highest BCUT2D eigenvalue weighted by molar-refractivity contribution is 4.81. The highest BCUT2D eigenvalue weighted by Crippen LogP contribution is 2.09. The molecule has 0 aromatic carbocycles. The van der Waals surface area contributed by atoms with Gasteiger partial charge in [-0.05, 0) is 32.1 Å². The van der Waals surface area contributed by atoms with Gasteiger partial charge in [0.2, 0.25) is 0 Å². The second-order valence-electron chi connectivity index (χ2n) is 5.99. The van der Waals surface area contributed by atoms with Crippen molar-refractivity contribution in [3.05, 3.63) is 12.2 Å². The Balaban J connectivity index is 3.02. The van der Waals surface area contributed by atoms with E-state index in [4.69, 9.17) is 4.84 Å². The van der Waals surface area contributed by atoms with Crippen LogP contribution in [-0.2, 0) is 4.84 Å². The van der Waals surface area contributed by atoms with Crippen LogP contribution >= 0.6 is 0 Å². The molecule has 126 valence electrons. The first-order valence-corrected chi connectivity index (χ1v) is 9.35. The van der Waals surface area contributed by atoms with Crippen LogP contribution in [0.1, 0.15) is 96.8 Å². The fourth-order valence-corrected chi connectivity index (χ4v) is 2.52. The lowest BCUT2D eigenvalue weighted by atomic mass is 10.1. The Morgan fingerprint density at radius 2 is 1.14 bits per heavy atom. The summed E-state index contributed by atoms with van der Waals surface area (Å²) < 4.78 is 0. The molecule has 0 atom stereocenters. The van der Waals surface area contributed by atoms with Gasteiger partial charge in [-0.25, -0.2) is 5.48 Å². The summed E-state index contributed by atoms with van der Waals surface area (Å²) in [7, 11) is 1.82. The first-order valence-electron chi connectivity index (χ1n) is 9.35. The van der Waals surface area contributed by atoms with Crippen molar-refractivity contribution >= 4 is 0 Å². The second-order valence-corrected chi connectivity index (χ2v) is 5.99. The summed E-state index contributed by atoms with van der Waals surface area (Å²) in [5.41, 5.74) is 2.71. The van der Waals surface area contributed by atoms with E-state index in [0.29, 0.717) is 0 Å². The topological polar surface area (TPSA) is 21.3 Å². The van der Waals surface area contributed by atoms with Crippen LogP contribution in [0.2, 0.25) is 0 Å². The van der Waals surface area contributed by atoms with Crippen molar-refractivity contribution in [2.75, 3.05) is 13.7 Å². The molecule has 0 saturated carbocycles. The molecule has 0 radical (unpaired) electrons. The third kappa shape index (κ3) is 19.7. The summed E-state index contributed by atoms with van der Waals surface area (Å²) in [5, 5.41) is 0. The monoisotopic (exact) mass is 297 g/mol. The lowest BCUT2D eigenvalue weighted by Crippen LogP contribution is -2.07. The molecule has 0 rings (SSSR count). The van der Waals surface area contributed by atoms with Gasteiger partial charge in [-0.2, -0.15) is 0 Å². The Labute approximate surface area is 133 Å². The molecule has 0 aliphatic carbocycles. The van der Waals surface area contributed by atoms with Gasteiger partial charge in [0, 0.05) is 7.05 Å². The summed E-state index contributed by atoms with van der Waals surface area (Å²) in [4.78, 5) is 5.09. The van der Waals surface area contributed by atoms with Crippen LogP contribution in [0.5, 0.6) is 0 Å². The molecule has 0 amide bonds. The predicted octanol–water partition coefficient (Wildman–Crippen LogP) is 6.17. The Bertz CT molecular complexity index is 204. The van der Waals surface area contributed by atoms with E-state index in [0.717, 1.165) is 6.61 Å². The zero-order chi connectivity index (χ0) is 15.4. The fraction of sp³-hybridized carbons (Fsp3) is 0.895. The van der Waals surface area contributed by atoms with E-state index >= 15 is 0 Å². The largest absolute Gasteiger partial charge is 0.302 e. The number of unbranched alkanes of at least 4 members (excludes halogenated alkanes) is 12. The summed E-state index contributed by atoms with van der Waals surface area (Å²) >= 11 is 0. The smallest absolute Gasteiger partial charge is 0.0682 e. The molecule has 0 heterocycles. The van der Waals surface area contributed by atoms with Crippen molar-refractivity contribution in [1.82, 2.24) is 5.48 Å². The molecule has 0 aromatic rings. The summed E-state index contributed by atoms with van der Waals surface area (Å²) in [6.45, 7) is 3.12. The van der Waals surface area contributed by atoms with Crippen molar-refractivity contribution in [3.8, 4) is 0 Å². The molecule has 21 heavy (non-hydrogen) atoms. The lowest BCUT2D eigenvalue weighted by molar-refractivity contribution is 0.0550. The number of hydroxylamine groups is 1. The summed E-state index contributed by atoms with van der Waals surface area (Å²) in [6, 6.07) is 0. The van der Waals surface area contributed by atoms with Crippen LogP contribution < -0.4 is 5.48 Å². The molecule has 0 unspecified atom stereocenters. The third-order valence-electron chi connectivity index (χ3n) is 3.90. The third-order valence-corrected chi connectivity index (χ3v) is 3.90. The van der Waals surface area contributed by atoms with E-state index in [9.17, 15) is 0 Å². The highest BCUT2D eigenvalue weighted by atomic mass is 16.6. The number of allylic oxidation sites excluding steroid dienone is 2. The van der Waals surface area contributed by atoms with Crippen molar-refractivity contribution in [2.24, 2.45) is 0 Å². The van der Waals surface area contributed by atoms with E-state index in [2.05, 4.69) is 24.6 Å². The van der Waals surface area contributed by atoms with Crippen LogP contribution in [0.3, 0.4) is 0 Å². The van der Waals surface area contributed by atoms with Gasteiger partial charge in [-0.3, -0.25) is 0 Å². The molecular weight excluding hydrogens is 258 g/mol. The number of hydrogen-bond acceptors (Lipinski definition) is 2. The summed E-state index contributed by atoms with van der Waals surface area (Å²) in [6.07, 6.45) is 23.8. The van der Waals surface area contributed by atoms with Crippen LogP contribution in [0, 0.1) is 0 Å². The minimum absolute atomic E-state index is 0.845. The Hall–Kier alpha value is -0.340. The maximum absolute atomic E-state index is 5.09. The highest BCUT2D eigenvalue weighted by Gasteiger charge is 1.91. The molecule has 2 nitrogen and oxygen atoms in total. The average molecular weight is 298 g/mol. The second kappa shape index (κ2) is 19.7. The SMILES string of the molecule is CCCCCCCCC=CCCCCCCCCONC. The molecule has 0 saturated heterocycles. The van der Waals surface area contributed by atoms with Crippen molar-refractivity contribution in [1.29, 1.82) is 0 Å². The summed E-state index contributed by atoms with van der Waals surface area (Å²) in [5.74, 6) is 0. The van der Waals surface area contributed by atoms with Crippen LogP contribution in [0.4, 0.5) is 0 Å². The Morgan fingerprint density at radius 3 is 1.67 bits per heavy atom. The standard InChI is InChI=1S/C19H39NO/c1-3-4-5-6-7-8-9-10-11-12-13-14-15-16-17-18-19-21-20-2/h10-11,20H,3-9,12-19H2,1-2H3. The maximum Gasteiger partial charge on any atom is 0.0682 e. The first-order chi connectivity index (χ1) is 10.4.